The standard InChI is InChI=1S/C14H17N3O7/c1-21-6-7-23-14(20)24-12-9(18)2-3-17-11(12)13(19)16-4-5-22-8-10(16)15-17/h2-3,10,15H,4-8H2,1H3/t10-/m0/s1. The van der Waals surface area contributed by atoms with Gasteiger partial charge in [0.25, 0.3) is 5.91 Å². The van der Waals surface area contributed by atoms with Crippen molar-refractivity contribution in [2.75, 3.05) is 45.5 Å². The molecule has 1 aromatic heterocycles. The van der Waals surface area contributed by atoms with Crippen LogP contribution in [0.3, 0.4) is 0 Å². The predicted octanol–water partition coefficient (Wildman–Crippen LogP) is -0.634. The maximum Gasteiger partial charge on any atom is 0.514 e. The summed E-state index contributed by atoms with van der Waals surface area (Å²) in [6, 6.07) is 1.20. The molecule has 0 aromatic carbocycles. The van der Waals surface area contributed by atoms with Crippen molar-refractivity contribution in [2.45, 2.75) is 6.17 Å². The maximum atomic E-state index is 12.7. The van der Waals surface area contributed by atoms with Crippen molar-refractivity contribution in [3.05, 3.63) is 28.2 Å². The zero-order chi connectivity index (χ0) is 17.1. The Kier molecular flexibility index (Phi) is 4.67. The quantitative estimate of drug-likeness (QED) is 0.570. The molecule has 0 spiro atoms. The number of rotatable bonds is 4. The number of aromatic nitrogens is 1. The molecule has 1 saturated heterocycles. The third kappa shape index (κ3) is 3.05. The van der Waals surface area contributed by atoms with E-state index in [-0.39, 0.29) is 30.8 Å². The summed E-state index contributed by atoms with van der Waals surface area (Å²) in [7, 11) is 1.46. The number of hydrogen-bond acceptors (Lipinski definition) is 8. The molecule has 1 fully saturated rings. The largest absolute Gasteiger partial charge is 0.514 e. The molecule has 10 heteroatoms. The molecule has 0 bridgehead atoms. The molecular formula is C14H17N3O7. The molecule has 24 heavy (non-hydrogen) atoms. The van der Waals surface area contributed by atoms with Crippen LogP contribution in [0, 0.1) is 0 Å². The van der Waals surface area contributed by atoms with Crippen LogP contribution in [0.15, 0.2) is 17.1 Å². The number of methoxy groups -OCH3 is 1. The first-order chi connectivity index (χ1) is 11.6. The molecule has 0 radical (unpaired) electrons. The van der Waals surface area contributed by atoms with Gasteiger partial charge >= 0.3 is 6.16 Å². The number of carbonyl (C=O) groups excluding carboxylic acids is 2. The van der Waals surface area contributed by atoms with Gasteiger partial charge in [-0.05, 0) is 0 Å². The SMILES string of the molecule is COCCOC(=O)Oc1c2n(ccc1=O)N[C@@H]1COCCN1C2=O. The Morgan fingerprint density at radius 3 is 3.04 bits per heavy atom. The fourth-order valence-corrected chi connectivity index (χ4v) is 2.50. The van der Waals surface area contributed by atoms with Gasteiger partial charge in [-0.15, -0.1) is 0 Å². The summed E-state index contributed by atoms with van der Waals surface area (Å²) in [6.07, 6.45) is -0.0113. The molecular weight excluding hydrogens is 322 g/mol. The number of nitrogens with one attached hydrogen (secondary N) is 1. The molecule has 1 amide bonds. The van der Waals surface area contributed by atoms with Crippen molar-refractivity contribution in [2.24, 2.45) is 0 Å². The van der Waals surface area contributed by atoms with Crippen LogP contribution in [0.1, 0.15) is 10.5 Å². The summed E-state index contributed by atoms with van der Waals surface area (Å²) in [5, 5.41) is 0. The highest BCUT2D eigenvalue weighted by Gasteiger charge is 2.37. The summed E-state index contributed by atoms with van der Waals surface area (Å²) < 4.78 is 21.2. The van der Waals surface area contributed by atoms with Gasteiger partial charge in [-0.3, -0.25) is 14.3 Å². The molecule has 3 rings (SSSR count). The molecule has 0 saturated carbocycles. The van der Waals surface area contributed by atoms with Crippen LogP contribution in [0.25, 0.3) is 0 Å². The minimum atomic E-state index is -1.07. The zero-order valence-corrected chi connectivity index (χ0v) is 13.0. The molecule has 1 N–H and O–H groups in total. The molecule has 1 aromatic rings. The van der Waals surface area contributed by atoms with Gasteiger partial charge in [-0.25, -0.2) is 4.79 Å². The Morgan fingerprint density at radius 1 is 1.42 bits per heavy atom. The molecule has 10 nitrogen and oxygen atoms in total. The van der Waals surface area contributed by atoms with Crippen LogP contribution in [0.2, 0.25) is 0 Å². The topological polar surface area (TPSA) is 108 Å². The number of fused-ring (bicyclic) bond motifs is 2. The minimum Gasteiger partial charge on any atom is -0.432 e. The van der Waals surface area contributed by atoms with Gasteiger partial charge < -0.3 is 29.3 Å². The van der Waals surface area contributed by atoms with Gasteiger partial charge in [0.05, 0.1) is 19.8 Å². The summed E-state index contributed by atoms with van der Waals surface area (Å²) in [5.74, 6) is -0.790. The van der Waals surface area contributed by atoms with E-state index in [1.54, 1.807) is 0 Å². The van der Waals surface area contributed by atoms with Crippen molar-refractivity contribution in [3.63, 3.8) is 0 Å². The van der Waals surface area contributed by atoms with Gasteiger partial charge in [0.15, 0.2) is 5.69 Å². The first-order valence-electron chi connectivity index (χ1n) is 7.36. The van der Waals surface area contributed by atoms with Gasteiger partial charge in [-0.2, -0.15) is 0 Å². The molecule has 130 valence electrons. The Balaban J connectivity index is 1.87. The first-order valence-corrected chi connectivity index (χ1v) is 7.36. The number of ether oxygens (including phenoxy) is 4. The Bertz CT molecular complexity index is 702. The Morgan fingerprint density at radius 2 is 2.25 bits per heavy atom. The molecule has 3 heterocycles. The molecule has 2 aliphatic heterocycles. The van der Waals surface area contributed by atoms with Crippen LogP contribution in [0.4, 0.5) is 4.79 Å². The van der Waals surface area contributed by atoms with Gasteiger partial charge in [0.1, 0.15) is 12.8 Å². The maximum absolute atomic E-state index is 12.7. The Hall–Kier alpha value is -2.59. The molecule has 1 atom stereocenters. The summed E-state index contributed by atoms with van der Waals surface area (Å²) in [5.41, 5.74) is 2.39. The second-order valence-corrected chi connectivity index (χ2v) is 5.14. The van der Waals surface area contributed by atoms with E-state index in [1.807, 2.05) is 0 Å². The molecule has 0 unspecified atom stereocenters. The number of morpholine rings is 1. The van der Waals surface area contributed by atoms with Crippen molar-refractivity contribution in [3.8, 4) is 5.75 Å². The highest BCUT2D eigenvalue weighted by molar-refractivity contribution is 5.97. The minimum absolute atomic E-state index is 0.0244. The van der Waals surface area contributed by atoms with Crippen molar-refractivity contribution in [1.82, 2.24) is 9.58 Å². The van der Waals surface area contributed by atoms with Crippen molar-refractivity contribution < 1.29 is 28.5 Å². The third-order valence-corrected chi connectivity index (χ3v) is 3.63. The van der Waals surface area contributed by atoms with Crippen LogP contribution in [-0.4, -0.2) is 67.9 Å². The lowest BCUT2D eigenvalue weighted by Gasteiger charge is -2.41. The highest BCUT2D eigenvalue weighted by Crippen LogP contribution is 2.22. The van der Waals surface area contributed by atoms with E-state index in [4.69, 9.17) is 18.9 Å². The third-order valence-electron chi connectivity index (χ3n) is 3.63. The average molecular weight is 339 g/mol. The number of nitrogens with zero attached hydrogens (tertiary/aromatic N) is 2. The second kappa shape index (κ2) is 6.89. The van der Waals surface area contributed by atoms with Crippen LogP contribution >= 0.6 is 0 Å². The summed E-state index contributed by atoms with van der Waals surface area (Å²) in [6.45, 7) is 1.26. The zero-order valence-electron chi connectivity index (χ0n) is 13.0. The normalized spacial score (nSPS) is 19.1. The van der Waals surface area contributed by atoms with E-state index in [9.17, 15) is 14.4 Å². The fourth-order valence-electron chi connectivity index (χ4n) is 2.50. The highest BCUT2D eigenvalue weighted by atomic mass is 16.7. The molecule has 0 aliphatic carbocycles. The van der Waals surface area contributed by atoms with Crippen molar-refractivity contribution >= 4 is 12.1 Å². The second-order valence-electron chi connectivity index (χ2n) is 5.14. The van der Waals surface area contributed by atoms with Gasteiger partial charge in [0.2, 0.25) is 11.2 Å². The average Bonchev–Trinajstić information content (AvgIpc) is 2.58. The predicted molar refractivity (Wildman–Crippen MR) is 79.6 cm³/mol. The van der Waals surface area contributed by atoms with Crippen LogP contribution in [-0.2, 0) is 14.2 Å². The van der Waals surface area contributed by atoms with E-state index < -0.39 is 17.5 Å². The van der Waals surface area contributed by atoms with Crippen LogP contribution < -0.4 is 15.6 Å². The summed E-state index contributed by atoms with van der Waals surface area (Å²) in [4.78, 5) is 38.0. The van der Waals surface area contributed by atoms with E-state index in [0.717, 1.165) is 0 Å². The number of amides is 1. The number of pyridine rings is 1. The van der Waals surface area contributed by atoms with E-state index >= 15 is 0 Å². The van der Waals surface area contributed by atoms with E-state index in [2.05, 4.69) is 5.43 Å². The van der Waals surface area contributed by atoms with E-state index in [1.165, 1.54) is 28.9 Å². The molecule has 2 aliphatic rings. The lowest BCUT2D eigenvalue weighted by atomic mass is 10.2. The lowest BCUT2D eigenvalue weighted by Crippen LogP contribution is -2.59. The fraction of sp³-hybridized carbons (Fsp3) is 0.500. The lowest BCUT2D eigenvalue weighted by molar-refractivity contribution is -0.00326. The van der Waals surface area contributed by atoms with E-state index in [0.29, 0.717) is 19.8 Å². The smallest absolute Gasteiger partial charge is 0.432 e. The Labute approximate surface area is 136 Å². The van der Waals surface area contributed by atoms with Gasteiger partial charge in [-0.1, -0.05) is 0 Å². The van der Waals surface area contributed by atoms with Crippen LogP contribution in [0.5, 0.6) is 5.75 Å². The number of hydrogen-bond donors (Lipinski definition) is 1. The monoisotopic (exact) mass is 339 g/mol. The number of carbonyl (C=O) groups is 2. The van der Waals surface area contributed by atoms with Crippen molar-refractivity contribution in [1.29, 1.82) is 0 Å². The summed E-state index contributed by atoms with van der Waals surface area (Å²) >= 11 is 0. The van der Waals surface area contributed by atoms with Gasteiger partial charge in [0, 0.05) is 25.9 Å². The first kappa shape index (κ1) is 16.3.